The fourth-order valence-corrected chi connectivity index (χ4v) is 0.703. The fourth-order valence-electron chi connectivity index (χ4n) is 0.703. The average molecular weight is 124 g/mol. The van der Waals surface area contributed by atoms with Gasteiger partial charge in [-0.1, -0.05) is 37.1 Å². The number of hydrogen-bond acceptors (Lipinski definition) is 0. The molecule has 0 aliphatic carbocycles. The number of hydrogen-bond donors (Lipinski definition) is 0. The second kappa shape index (κ2) is 5.61. The quantitative estimate of drug-likeness (QED) is 0.506. The Labute approximate surface area is 58.3 Å². The smallest absolute Gasteiger partial charge is 0.0348 e. The van der Waals surface area contributed by atoms with Gasteiger partial charge in [-0.3, -0.25) is 0 Å². The summed E-state index contributed by atoms with van der Waals surface area (Å²) in [5.41, 5.74) is 1.37. The van der Waals surface area contributed by atoms with Crippen molar-refractivity contribution in [2.24, 2.45) is 0 Å². The molecule has 0 aromatic carbocycles. The van der Waals surface area contributed by atoms with Gasteiger partial charge in [0.15, 0.2) is 0 Å². The summed E-state index contributed by atoms with van der Waals surface area (Å²) in [4.78, 5) is 0. The van der Waals surface area contributed by atoms with Crippen molar-refractivity contribution in [1.82, 2.24) is 0 Å². The van der Waals surface area contributed by atoms with Crippen LogP contribution >= 0.6 is 0 Å². The number of rotatable bonds is 3. The fraction of sp³-hybridized carbons (Fsp3) is 0.556. The van der Waals surface area contributed by atoms with E-state index in [-0.39, 0.29) is 0 Å². The maximum absolute atomic E-state index is 2.26. The zero-order valence-corrected chi connectivity index (χ0v) is 6.65. The van der Waals surface area contributed by atoms with Crippen molar-refractivity contribution in [3.05, 3.63) is 23.8 Å². The highest BCUT2D eigenvalue weighted by atomic mass is 13.8. The van der Waals surface area contributed by atoms with E-state index in [1.54, 1.807) is 0 Å². The van der Waals surface area contributed by atoms with E-state index in [9.17, 15) is 0 Å². The molecule has 0 aliphatic rings. The third-order valence-electron chi connectivity index (χ3n) is 1.18. The van der Waals surface area contributed by atoms with Crippen molar-refractivity contribution in [2.75, 3.05) is 0 Å². The summed E-state index contributed by atoms with van der Waals surface area (Å²) in [5.74, 6) is 0. The second-order valence-corrected chi connectivity index (χ2v) is 2.24. The molecule has 52 valence electrons. The van der Waals surface area contributed by atoms with Crippen LogP contribution in [0.1, 0.15) is 33.6 Å². The first kappa shape index (κ1) is 8.48. The first-order valence-corrected chi connectivity index (χ1v) is 3.60. The molecule has 0 aromatic heterocycles. The molecule has 0 heterocycles. The molecule has 0 amide bonds. The van der Waals surface area contributed by atoms with Crippen LogP contribution in [-0.2, 0) is 0 Å². The van der Waals surface area contributed by atoms with Gasteiger partial charge in [0.25, 0.3) is 0 Å². The molecular formula is C9H16. The van der Waals surface area contributed by atoms with Gasteiger partial charge >= 0.3 is 0 Å². The van der Waals surface area contributed by atoms with Crippen LogP contribution in [0.25, 0.3) is 0 Å². The van der Waals surface area contributed by atoms with E-state index in [0.29, 0.717) is 0 Å². The lowest BCUT2D eigenvalue weighted by Gasteiger charge is -1.88. The monoisotopic (exact) mass is 124 g/mol. The van der Waals surface area contributed by atoms with E-state index in [0.717, 1.165) is 0 Å². The summed E-state index contributed by atoms with van der Waals surface area (Å²) in [7, 11) is 0. The minimum absolute atomic E-state index is 1.20. The minimum Gasteiger partial charge on any atom is -0.0874 e. The molecule has 0 fully saturated rings. The van der Waals surface area contributed by atoms with E-state index in [4.69, 9.17) is 0 Å². The van der Waals surface area contributed by atoms with Crippen molar-refractivity contribution < 1.29 is 0 Å². The molecule has 0 nitrogen and oxygen atoms in total. The van der Waals surface area contributed by atoms with Gasteiger partial charge in [-0.05, 0) is 20.3 Å². The predicted molar refractivity (Wildman–Crippen MR) is 43.5 cm³/mol. The summed E-state index contributed by atoms with van der Waals surface area (Å²) >= 11 is 0. The van der Waals surface area contributed by atoms with Crippen LogP contribution in [0.5, 0.6) is 0 Å². The third kappa shape index (κ3) is 5.35. The van der Waals surface area contributed by atoms with Gasteiger partial charge in [-0.25, -0.2) is 0 Å². The maximum atomic E-state index is 2.26. The predicted octanol–water partition coefficient (Wildman–Crippen LogP) is 3.31. The number of allylic oxidation sites excluding steroid dienone is 4. The lowest BCUT2D eigenvalue weighted by atomic mass is 10.2. The molecule has 0 heteroatoms. The Bertz CT molecular complexity index is 107. The molecule has 0 unspecified atom stereocenters. The van der Waals surface area contributed by atoms with Gasteiger partial charge in [0, 0.05) is 0 Å². The first-order chi connectivity index (χ1) is 4.31. The normalized spacial score (nSPS) is 13.0. The highest BCUT2D eigenvalue weighted by Crippen LogP contribution is 1.98. The molecule has 0 saturated carbocycles. The Morgan fingerprint density at radius 1 is 1.44 bits per heavy atom. The summed E-state index contributed by atoms with van der Waals surface area (Å²) < 4.78 is 0. The van der Waals surface area contributed by atoms with Crippen molar-refractivity contribution in [1.29, 1.82) is 0 Å². The van der Waals surface area contributed by atoms with Crippen LogP contribution in [0, 0.1) is 0 Å². The zero-order chi connectivity index (χ0) is 7.11. The third-order valence-corrected chi connectivity index (χ3v) is 1.18. The first-order valence-electron chi connectivity index (χ1n) is 3.60. The van der Waals surface area contributed by atoms with Crippen LogP contribution in [-0.4, -0.2) is 0 Å². The van der Waals surface area contributed by atoms with Crippen LogP contribution < -0.4 is 0 Å². The summed E-state index contributed by atoms with van der Waals surface area (Å²) in [6.07, 6.45) is 8.92. The van der Waals surface area contributed by atoms with Gasteiger partial charge in [0.1, 0.15) is 0 Å². The number of unbranched alkanes of at least 4 members (excludes halogenated alkanes) is 1. The second-order valence-electron chi connectivity index (χ2n) is 2.24. The standard InChI is InChI=1S/C9H16/c1-4-6-8-9(3)7-5-2/h5,7-8H,4,6H2,1-3H3/b7-5-,9-8-. The van der Waals surface area contributed by atoms with Crippen molar-refractivity contribution in [2.45, 2.75) is 33.6 Å². The van der Waals surface area contributed by atoms with E-state index in [1.165, 1.54) is 18.4 Å². The Morgan fingerprint density at radius 3 is 2.56 bits per heavy atom. The van der Waals surface area contributed by atoms with Gasteiger partial charge < -0.3 is 0 Å². The summed E-state index contributed by atoms with van der Waals surface area (Å²) in [6, 6.07) is 0. The van der Waals surface area contributed by atoms with E-state index >= 15 is 0 Å². The minimum atomic E-state index is 1.20. The van der Waals surface area contributed by atoms with Crippen molar-refractivity contribution >= 4 is 0 Å². The van der Waals surface area contributed by atoms with Crippen LogP contribution in [0.3, 0.4) is 0 Å². The van der Waals surface area contributed by atoms with Crippen LogP contribution in [0.15, 0.2) is 23.8 Å². The molecule has 0 atom stereocenters. The molecule has 0 rings (SSSR count). The summed E-state index contributed by atoms with van der Waals surface area (Å²) in [5, 5.41) is 0. The Hall–Kier alpha value is -0.520. The maximum Gasteiger partial charge on any atom is -0.0348 e. The van der Waals surface area contributed by atoms with Crippen molar-refractivity contribution in [3.63, 3.8) is 0 Å². The molecule has 0 N–H and O–H groups in total. The Morgan fingerprint density at radius 2 is 2.11 bits per heavy atom. The van der Waals surface area contributed by atoms with Crippen molar-refractivity contribution in [3.8, 4) is 0 Å². The van der Waals surface area contributed by atoms with Gasteiger partial charge in [0.05, 0.1) is 0 Å². The lowest BCUT2D eigenvalue weighted by Crippen LogP contribution is -1.67. The van der Waals surface area contributed by atoms with Gasteiger partial charge in [-0.15, -0.1) is 0 Å². The Balaban J connectivity index is 3.55. The topological polar surface area (TPSA) is 0 Å². The zero-order valence-electron chi connectivity index (χ0n) is 6.65. The SMILES string of the molecule is C/C=C\C(C)=C/CCC. The molecular weight excluding hydrogens is 108 g/mol. The molecule has 0 spiro atoms. The van der Waals surface area contributed by atoms with Gasteiger partial charge in [0.2, 0.25) is 0 Å². The summed E-state index contributed by atoms with van der Waals surface area (Å²) in [6.45, 7) is 6.37. The van der Waals surface area contributed by atoms with Crippen LogP contribution in [0.2, 0.25) is 0 Å². The molecule has 0 aliphatic heterocycles. The van der Waals surface area contributed by atoms with E-state index in [2.05, 4.69) is 32.1 Å². The highest BCUT2D eigenvalue weighted by Gasteiger charge is 1.77. The molecule has 0 aromatic rings. The van der Waals surface area contributed by atoms with E-state index < -0.39 is 0 Å². The largest absolute Gasteiger partial charge is 0.0874 e. The van der Waals surface area contributed by atoms with E-state index in [1.807, 2.05) is 6.92 Å². The molecule has 9 heavy (non-hydrogen) atoms. The van der Waals surface area contributed by atoms with Gasteiger partial charge in [-0.2, -0.15) is 0 Å². The Kier molecular flexibility index (Phi) is 5.29. The molecule has 0 radical (unpaired) electrons. The highest BCUT2D eigenvalue weighted by molar-refractivity contribution is 5.14. The lowest BCUT2D eigenvalue weighted by molar-refractivity contribution is 0.952. The molecule has 0 bridgehead atoms. The van der Waals surface area contributed by atoms with Crippen LogP contribution in [0.4, 0.5) is 0 Å². The molecule has 0 saturated heterocycles. The average Bonchev–Trinajstić information content (AvgIpc) is 1.85.